The molecule has 0 bridgehead atoms. The smallest absolute Gasteiger partial charge is 0.322 e. The van der Waals surface area contributed by atoms with Crippen molar-refractivity contribution in [3.05, 3.63) is 59.2 Å². The maximum Gasteiger partial charge on any atom is 0.322 e. The van der Waals surface area contributed by atoms with Crippen molar-refractivity contribution in [2.24, 2.45) is 5.92 Å². The second kappa shape index (κ2) is 13.1. The second-order valence-corrected chi connectivity index (χ2v) is 10.8. The molecule has 2 aromatic rings. The van der Waals surface area contributed by atoms with E-state index in [0.717, 1.165) is 11.3 Å². The molecular weight excluding hydrogens is 522 g/mol. The summed E-state index contributed by atoms with van der Waals surface area (Å²) in [7, 11) is -2.47. The highest BCUT2D eigenvalue weighted by Gasteiger charge is 2.32. The van der Waals surface area contributed by atoms with Gasteiger partial charge >= 0.3 is 5.97 Å². The monoisotopic (exact) mass is 553 g/mol. The van der Waals surface area contributed by atoms with Crippen molar-refractivity contribution in [2.75, 3.05) is 44.7 Å². The molecule has 1 amide bonds. The molecule has 3 N–H and O–H groups in total. The normalized spacial score (nSPS) is 14.6. The average molecular weight is 554 g/mol. The van der Waals surface area contributed by atoms with E-state index in [9.17, 15) is 23.1 Å². The first-order valence-electron chi connectivity index (χ1n) is 12.3. The molecule has 206 valence electrons. The summed E-state index contributed by atoms with van der Waals surface area (Å²) in [6.45, 7) is 4.54. The minimum atomic E-state index is -3.93. The Balaban J connectivity index is 1.64. The van der Waals surface area contributed by atoms with Crippen LogP contribution in [0.1, 0.15) is 35.3 Å². The number of anilines is 1. The number of hydrogen-bond acceptors (Lipinski definition) is 7. The highest BCUT2D eigenvalue weighted by atomic mass is 32.2. The molecule has 0 radical (unpaired) electrons. The standard InChI is InChI=1S/C27H31N5O6S/c1-19(2)25(27(34)35)30-39(36,37)32-16-14-31(15-17-32)22-9-6-20(7-10-22)4-5-21-8-11-24(38-3)23(18-21)26(33)29-13-12-28/h6-11,18-19,25,30H,13-17H2,1-3H3,(H,29,33)(H,34,35)/t25-/m1/s1. The summed E-state index contributed by atoms with van der Waals surface area (Å²) in [4.78, 5) is 25.8. The van der Waals surface area contributed by atoms with Gasteiger partial charge in [-0.05, 0) is 48.4 Å². The zero-order valence-electron chi connectivity index (χ0n) is 22.0. The predicted octanol–water partition coefficient (Wildman–Crippen LogP) is 1.41. The number of hydrogen-bond donors (Lipinski definition) is 3. The van der Waals surface area contributed by atoms with Crippen LogP contribution < -0.4 is 19.7 Å². The van der Waals surface area contributed by atoms with Gasteiger partial charge in [0.05, 0.1) is 18.7 Å². The Morgan fingerprint density at radius 3 is 2.23 bits per heavy atom. The molecule has 11 nitrogen and oxygen atoms in total. The van der Waals surface area contributed by atoms with E-state index in [2.05, 4.69) is 26.8 Å². The van der Waals surface area contributed by atoms with E-state index in [-0.39, 0.29) is 31.1 Å². The first-order chi connectivity index (χ1) is 18.6. The quantitative estimate of drug-likeness (QED) is 0.311. The summed E-state index contributed by atoms with van der Waals surface area (Å²) in [6.07, 6.45) is 0. The molecule has 0 unspecified atom stereocenters. The lowest BCUT2D eigenvalue weighted by atomic mass is 10.1. The predicted molar refractivity (Wildman–Crippen MR) is 145 cm³/mol. The van der Waals surface area contributed by atoms with Gasteiger partial charge in [0.15, 0.2) is 0 Å². The molecule has 1 saturated heterocycles. The van der Waals surface area contributed by atoms with Crippen molar-refractivity contribution >= 4 is 27.8 Å². The fourth-order valence-corrected chi connectivity index (χ4v) is 5.46. The number of amides is 1. The molecule has 3 rings (SSSR count). The number of carbonyl (C=O) groups excluding carboxylic acids is 1. The van der Waals surface area contributed by atoms with Gasteiger partial charge in [0.1, 0.15) is 18.3 Å². The number of nitrogens with one attached hydrogen (secondary N) is 2. The van der Waals surface area contributed by atoms with Crippen LogP contribution >= 0.6 is 0 Å². The Morgan fingerprint density at radius 1 is 1.05 bits per heavy atom. The van der Waals surface area contributed by atoms with Gasteiger partial charge in [-0.15, -0.1) is 0 Å². The molecule has 12 heteroatoms. The SMILES string of the molecule is COc1ccc(C#Cc2ccc(N3CCN(S(=O)(=O)N[C@@H](C(=O)O)C(C)C)CC3)cc2)cc1C(=O)NCC#N. The van der Waals surface area contributed by atoms with Crippen molar-refractivity contribution in [1.29, 1.82) is 5.26 Å². The van der Waals surface area contributed by atoms with Gasteiger partial charge in [0, 0.05) is 43.0 Å². The number of piperazine rings is 1. The van der Waals surface area contributed by atoms with E-state index in [1.807, 2.05) is 30.3 Å². The molecule has 1 fully saturated rings. The number of carboxylic acids is 1. The number of ether oxygens (including phenoxy) is 1. The summed E-state index contributed by atoms with van der Waals surface area (Å²) in [5, 5.41) is 20.5. The van der Waals surface area contributed by atoms with Crippen molar-refractivity contribution in [1.82, 2.24) is 14.3 Å². The molecule has 2 aromatic carbocycles. The van der Waals surface area contributed by atoms with Crippen molar-refractivity contribution in [3.8, 4) is 23.7 Å². The number of nitriles is 1. The van der Waals surface area contributed by atoms with Crippen molar-refractivity contribution < 1.29 is 27.9 Å². The largest absolute Gasteiger partial charge is 0.496 e. The number of carbonyl (C=O) groups is 2. The van der Waals surface area contributed by atoms with Crippen LogP contribution in [0.15, 0.2) is 42.5 Å². The summed E-state index contributed by atoms with van der Waals surface area (Å²) in [6, 6.07) is 13.2. The zero-order valence-corrected chi connectivity index (χ0v) is 22.8. The van der Waals surface area contributed by atoms with Crippen LogP contribution in [0.25, 0.3) is 0 Å². The summed E-state index contributed by atoms with van der Waals surface area (Å²) >= 11 is 0. The van der Waals surface area contributed by atoms with E-state index in [4.69, 9.17) is 10.00 Å². The van der Waals surface area contributed by atoms with Gasteiger partial charge in [0.25, 0.3) is 16.1 Å². The minimum Gasteiger partial charge on any atom is -0.496 e. The van der Waals surface area contributed by atoms with Crippen LogP contribution in [0, 0.1) is 29.1 Å². The van der Waals surface area contributed by atoms with Gasteiger partial charge in [-0.3, -0.25) is 9.59 Å². The van der Waals surface area contributed by atoms with Gasteiger partial charge in [-0.2, -0.15) is 22.7 Å². The number of benzene rings is 2. The molecule has 39 heavy (non-hydrogen) atoms. The van der Waals surface area contributed by atoms with Crippen molar-refractivity contribution in [2.45, 2.75) is 19.9 Å². The zero-order chi connectivity index (χ0) is 28.6. The number of carboxylic acid groups (broad SMARTS) is 1. The number of aliphatic carboxylic acids is 1. The van der Waals surface area contributed by atoms with Crippen LogP contribution in [0.5, 0.6) is 5.75 Å². The Bertz CT molecular complexity index is 1400. The van der Waals surface area contributed by atoms with Gasteiger partial charge in [0.2, 0.25) is 0 Å². The fraction of sp³-hybridized carbons (Fsp3) is 0.370. The maximum atomic E-state index is 12.7. The summed E-state index contributed by atoms with van der Waals surface area (Å²) < 4.78 is 34.2. The fourth-order valence-electron chi connectivity index (χ4n) is 3.97. The summed E-state index contributed by atoms with van der Waals surface area (Å²) in [5.74, 6) is 4.46. The van der Waals surface area contributed by atoms with E-state index in [1.54, 1.807) is 32.0 Å². The molecule has 0 aliphatic carbocycles. The van der Waals surface area contributed by atoms with Crippen LogP contribution in [0.3, 0.4) is 0 Å². The van der Waals surface area contributed by atoms with Crippen molar-refractivity contribution in [3.63, 3.8) is 0 Å². The molecule has 0 spiro atoms. The topological polar surface area (TPSA) is 152 Å². The van der Waals surface area contributed by atoms with E-state index < -0.39 is 28.1 Å². The third-order valence-corrected chi connectivity index (χ3v) is 7.74. The highest BCUT2D eigenvalue weighted by Crippen LogP contribution is 2.21. The molecule has 0 aromatic heterocycles. The molecular formula is C27H31N5O6S. The molecule has 0 saturated carbocycles. The maximum absolute atomic E-state index is 12.7. The van der Waals surface area contributed by atoms with Gasteiger partial charge in [-0.1, -0.05) is 25.7 Å². The molecule has 1 aliphatic heterocycles. The number of rotatable bonds is 9. The Kier molecular flexibility index (Phi) is 9.90. The van der Waals surface area contributed by atoms with E-state index in [0.29, 0.717) is 24.4 Å². The lowest BCUT2D eigenvalue weighted by molar-refractivity contribution is -0.140. The third-order valence-electron chi connectivity index (χ3n) is 6.14. The third kappa shape index (κ3) is 7.71. The Hall–Kier alpha value is -4.10. The van der Waals surface area contributed by atoms with Crippen LogP contribution in [-0.4, -0.2) is 75.6 Å². The van der Waals surface area contributed by atoms with Crippen LogP contribution in [0.4, 0.5) is 5.69 Å². The number of methoxy groups -OCH3 is 1. The first kappa shape index (κ1) is 29.5. The summed E-state index contributed by atoms with van der Waals surface area (Å²) in [5.41, 5.74) is 2.56. The highest BCUT2D eigenvalue weighted by molar-refractivity contribution is 7.87. The molecule has 1 heterocycles. The molecule has 1 aliphatic rings. The average Bonchev–Trinajstić information content (AvgIpc) is 2.93. The van der Waals surface area contributed by atoms with Gasteiger partial charge in [-0.25, -0.2) is 0 Å². The Morgan fingerprint density at radius 2 is 1.67 bits per heavy atom. The minimum absolute atomic E-state index is 0.116. The van der Waals surface area contributed by atoms with Gasteiger partial charge < -0.3 is 20.1 Å². The van der Waals surface area contributed by atoms with Crippen LogP contribution in [0.2, 0.25) is 0 Å². The molecule has 1 atom stereocenters. The van der Waals surface area contributed by atoms with E-state index in [1.165, 1.54) is 11.4 Å². The lowest BCUT2D eigenvalue weighted by Crippen LogP contribution is -2.55. The Labute approximate surface area is 228 Å². The number of nitrogens with zero attached hydrogens (tertiary/aromatic N) is 3. The first-order valence-corrected chi connectivity index (χ1v) is 13.7. The van der Waals surface area contributed by atoms with E-state index >= 15 is 0 Å². The van der Waals surface area contributed by atoms with Crippen LogP contribution in [-0.2, 0) is 15.0 Å². The lowest BCUT2D eigenvalue weighted by Gasteiger charge is -2.36. The second-order valence-electron chi connectivity index (χ2n) is 9.12.